The number of likely N-dealkylation sites (tertiary alicyclic amines) is 1. The summed E-state index contributed by atoms with van der Waals surface area (Å²) < 4.78 is 19.3. The number of carbonyl (C=O) groups excluding carboxylic acids is 5. The molecule has 7 rings (SSSR count). The van der Waals surface area contributed by atoms with Crippen molar-refractivity contribution in [1.29, 1.82) is 0 Å². The van der Waals surface area contributed by atoms with Crippen molar-refractivity contribution in [2.24, 2.45) is 15.8 Å². The number of fused-ring (bicyclic) bond motifs is 3. The third-order valence-corrected chi connectivity index (χ3v) is 15.5. The fourth-order valence-electron chi connectivity index (χ4n) is 8.79. The van der Waals surface area contributed by atoms with Crippen LogP contribution in [0.5, 0.6) is 0 Å². The first kappa shape index (κ1) is 55.9. The molecule has 5 aromatic rings. The molecule has 20 heteroatoms. The molecule has 0 radical (unpaired) electrons. The molecule has 0 aliphatic carbocycles. The zero-order valence-corrected chi connectivity index (χ0v) is 46.5. The van der Waals surface area contributed by atoms with Gasteiger partial charge in [0.1, 0.15) is 41.7 Å². The fraction of sp³-hybridized carbons (Fsp3) is 0.500. The van der Waals surface area contributed by atoms with Crippen LogP contribution in [-0.2, 0) is 38.2 Å². The predicted octanol–water partition coefficient (Wildman–Crippen LogP) is 8.13. The molecular weight excluding hydrogens is 1000 g/mol. The van der Waals surface area contributed by atoms with Gasteiger partial charge in [-0.3, -0.25) is 33.5 Å². The summed E-state index contributed by atoms with van der Waals surface area (Å²) >= 11 is 9.46. The molecule has 396 valence electrons. The van der Waals surface area contributed by atoms with Gasteiger partial charge in [-0.2, -0.15) is 0 Å². The average Bonchev–Trinajstić information content (AvgIpc) is 4.12. The number of aromatic nitrogens is 4. The number of thiazole rings is 1. The fourth-order valence-corrected chi connectivity index (χ4v) is 10.9. The van der Waals surface area contributed by atoms with E-state index in [9.17, 15) is 24.0 Å². The number of halogens is 1. The summed E-state index contributed by atoms with van der Waals surface area (Å²) in [4.78, 5) is 81.6. The molecule has 17 nitrogen and oxygen atoms in total. The minimum atomic E-state index is -1.03. The van der Waals surface area contributed by atoms with Crippen LogP contribution in [0.15, 0.2) is 59.0 Å². The zero-order chi connectivity index (χ0) is 53.6. The lowest BCUT2D eigenvalue weighted by molar-refractivity contribution is -0.158. The number of esters is 1. The Morgan fingerprint density at radius 2 is 1.55 bits per heavy atom. The van der Waals surface area contributed by atoms with Crippen molar-refractivity contribution in [3.63, 3.8) is 0 Å². The molecule has 4 amide bonds. The molecule has 3 N–H and O–H groups in total. The van der Waals surface area contributed by atoms with Gasteiger partial charge in [0, 0.05) is 47.2 Å². The number of aliphatic imine (C=N–C) groups is 1. The number of rotatable bonds is 19. The number of thiophene rings is 1. The maximum Gasteiger partial charge on any atom is 0.311 e. The molecule has 2 aliphatic rings. The van der Waals surface area contributed by atoms with Gasteiger partial charge in [-0.15, -0.1) is 32.9 Å². The van der Waals surface area contributed by atoms with Crippen LogP contribution in [0.4, 0.5) is 0 Å². The lowest BCUT2D eigenvalue weighted by Gasteiger charge is -2.35. The van der Waals surface area contributed by atoms with Gasteiger partial charge in [-0.25, -0.2) is 4.98 Å². The highest BCUT2D eigenvalue weighted by atomic mass is 35.5. The summed E-state index contributed by atoms with van der Waals surface area (Å²) in [6.45, 7) is 21.3. The van der Waals surface area contributed by atoms with E-state index in [0.717, 1.165) is 54.0 Å². The number of carbonyl (C=O) groups is 5. The van der Waals surface area contributed by atoms with Crippen LogP contribution in [0.1, 0.15) is 124 Å². The van der Waals surface area contributed by atoms with E-state index in [1.807, 2.05) is 100 Å². The number of nitrogens with zero attached hydrogens (tertiary/aromatic N) is 6. The number of nitrogens with one attached hydrogen (secondary N) is 3. The van der Waals surface area contributed by atoms with E-state index in [1.54, 1.807) is 43.4 Å². The lowest BCUT2D eigenvalue weighted by atomic mass is 9.85. The summed E-state index contributed by atoms with van der Waals surface area (Å²) in [5, 5.41) is 19.3. The van der Waals surface area contributed by atoms with Gasteiger partial charge >= 0.3 is 5.97 Å². The topological polar surface area (TPSA) is 208 Å². The van der Waals surface area contributed by atoms with Crippen LogP contribution in [0.25, 0.3) is 15.4 Å². The first-order valence-electron chi connectivity index (χ1n) is 24.9. The molecule has 5 atom stereocenters. The Labute approximate surface area is 446 Å². The van der Waals surface area contributed by atoms with E-state index in [1.165, 1.54) is 4.90 Å². The van der Waals surface area contributed by atoms with Gasteiger partial charge in [0.25, 0.3) is 0 Å². The molecule has 3 aromatic heterocycles. The average molecular weight is 1070 g/mol. The Morgan fingerprint density at radius 1 is 0.865 bits per heavy atom. The van der Waals surface area contributed by atoms with Crippen molar-refractivity contribution in [3.8, 4) is 15.4 Å². The second kappa shape index (κ2) is 23.8. The summed E-state index contributed by atoms with van der Waals surface area (Å²) in [6.07, 6.45) is -0.115. The smallest absolute Gasteiger partial charge is 0.311 e. The first-order chi connectivity index (χ1) is 35.0. The van der Waals surface area contributed by atoms with E-state index in [2.05, 4.69) is 45.0 Å². The van der Waals surface area contributed by atoms with Gasteiger partial charge < -0.3 is 35.1 Å². The number of amides is 4. The van der Waals surface area contributed by atoms with Crippen LogP contribution in [0.3, 0.4) is 0 Å². The SMILES string of the molecule is Cc1ncsc1-c1ccc([C@H](C)NC(=O)[C@@H]2C[C@@H](OC(=O)C(C)(C)C)CN2C(=O)[C@@H](NC(=O)COCCCOCCNC(=O)C[C@@H]2N=C(c3ccc(Cl)cc3)c3c(sc(C)c3C)-n3c(C)nnc32)C(C)(C)C)cc1. The predicted molar refractivity (Wildman–Crippen MR) is 287 cm³/mol. The normalized spacial score (nSPS) is 17.4. The van der Waals surface area contributed by atoms with E-state index < -0.39 is 64.8 Å². The Bertz CT molecular complexity index is 2860. The molecule has 2 aliphatic heterocycles. The second-order valence-electron chi connectivity index (χ2n) is 21.0. The van der Waals surface area contributed by atoms with Crippen LogP contribution in [0, 0.1) is 38.5 Å². The summed E-state index contributed by atoms with van der Waals surface area (Å²) in [7, 11) is 0. The molecule has 1 fully saturated rings. The number of hydrogen-bond acceptors (Lipinski definition) is 14. The maximum atomic E-state index is 14.5. The molecule has 0 spiro atoms. The molecule has 1 saturated heterocycles. The van der Waals surface area contributed by atoms with Crippen LogP contribution in [-0.4, -0.2) is 118 Å². The quantitative estimate of drug-likeness (QED) is 0.0531. The highest BCUT2D eigenvalue weighted by Crippen LogP contribution is 2.40. The van der Waals surface area contributed by atoms with Crippen LogP contribution >= 0.6 is 34.3 Å². The first-order valence-corrected chi connectivity index (χ1v) is 27.0. The van der Waals surface area contributed by atoms with E-state index in [-0.39, 0.29) is 51.7 Å². The Hall–Kier alpha value is -5.86. The van der Waals surface area contributed by atoms with E-state index in [0.29, 0.717) is 29.7 Å². The number of hydrogen-bond donors (Lipinski definition) is 3. The third-order valence-electron chi connectivity index (χ3n) is 13.0. The molecule has 0 unspecified atom stereocenters. The Kier molecular flexibility index (Phi) is 18.0. The van der Waals surface area contributed by atoms with Crippen molar-refractivity contribution < 1.29 is 38.2 Å². The monoisotopic (exact) mass is 1070 g/mol. The summed E-state index contributed by atoms with van der Waals surface area (Å²) in [5.41, 5.74) is 6.85. The molecule has 0 bridgehead atoms. The van der Waals surface area contributed by atoms with Crippen molar-refractivity contribution in [2.45, 2.75) is 126 Å². The third kappa shape index (κ3) is 13.3. The van der Waals surface area contributed by atoms with Crippen molar-refractivity contribution in [1.82, 2.24) is 40.6 Å². The summed E-state index contributed by atoms with van der Waals surface area (Å²) in [6, 6.07) is 12.4. The highest BCUT2D eigenvalue weighted by Gasteiger charge is 2.47. The zero-order valence-electron chi connectivity index (χ0n) is 44.1. The van der Waals surface area contributed by atoms with Gasteiger partial charge in [0.15, 0.2) is 5.82 Å². The number of aryl methyl sites for hydroxylation is 3. The van der Waals surface area contributed by atoms with Crippen molar-refractivity contribution in [3.05, 3.63) is 104 Å². The largest absolute Gasteiger partial charge is 0.460 e. The second-order valence-corrected chi connectivity index (χ2v) is 23.5. The van der Waals surface area contributed by atoms with Gasteiger partial charge in [-0.1, -0.05) is 68.8 Å². The lowest BCUT2D eigenvalue weighted by Crippen LogP contribution is -2.58. The molecule has 5 heterocycles. The standard InChI is InChI=1S/C54H68ClN9O8S2/c1-30-33(4)74-51-44(30)45(36-17-19-38(55)20-18-36)59-40(48-62-61-34(5)64(48)51)26-42(65)56-21-24-70-22-12-23-71-28-43(66)60-47(53(6,7)8)50(68)63-27-39(72-52(69)54(9,10)11)25-41(63)49(67)58-31(2)35-13-15-37(16-14-35)46-32(3)57-29-73-46/h13-20,29,31,39-41,47H,12,21-28H2,1-11H3,(H,56,65)(H,58,67)(H,60,66)/t31-,39+,40-,41-,47+/m0/s1. The molecule has 74 heavy (non-hydrogen) atoms. The summed E-state index contributed by atoms with van der Waals surface area (Å²) in [5.74, 6) is -0.726. The van der Waals surface area contributed by atoms with Crippen LogP contribution in [0.2, 0.25) is 5.02 Å². The van der Waals surface area contributed by atoms with Gasteiger partial charge in [-0.05, 0) is 96.0 Å². The number of ether oxygens (including phenoxy) is 3. The Balaban J connectivity index is 0.881. The van der Waals surface area contributed by atoms with E-state index in [4.69, 9.17) is 30.8 Å². The van der Waals surface area contributed by atoms with Crippen molar-refractivity contribution >= 4 is 69.6 Å². The van der Waals surface area contributed by atoms with E-state index >= 15 is 0 Å². The molecule has 2 aromatic carbocycles. The Morgan fingerprint density at radius 3 is 2.22 bits per heavy atom. The van der Waals surface area contributed by atoms with Crippen molar-refractivity contribution in [2.75, 3.05) is 39.5 Å². The highest BCUT2D eigenvalue weighted by molar-refractivity contribution is 7.15. The minimum Gasteiger partial charge on any atom is -0.460 e. The molecular formula is C54H68ClN9O8S2. The van der Waals surface area contributed by atoms with Crippen LogP contribution < -0.4 is 16.0 Å². The molecule has 0 saturated carbocycles. The minimum absolute atomic E-state index is 0.0145. The number of benzene rings is 2. The maximum absolute atomic E-state index is 14.5. The van der Waals surface area contributed by atoms with Gasteiger partial charge in [0.2, 0.25) is 23.6 Å². The van der Waals surface area contributed by atoms with Gasteiger partial charge in [0.05, 0.1) is 52.8 Å².